The van der Waals surface area contributed by atoms with E-state index in [2.05, 4.69) is 58.1 Å². The molecule has 5 rings (SSSR count). The third kappa shape index (κ3) is 4.82. The van der Waals surface area contributed by atoms with Gasteiger partial charge in [-0.05, 0) is 82.6 Å². The van der Waals surface area contributed by atoms with E-state index < -0.39 is 0 Å². The van der Waals surface area contributed by atoms with Crippen LogP contribution in [-0.2, 0) is 0 Å². The maximum atomic E-state index is 13.2. The molecule has 2 fully saturated rings. The maximum absolute atomic E-state index is 13.2. The quantitative estimate of drug-likeness (QED) is 0.453. The van der Waals surface area contributed by atoms with Crippen LogP contribution in [0.4, 0.5) is 11.4 Å². The summed E-state index contributed by atoms with van der Waals surface area (Å²) in [5.41, 5.74) is 5.45. The van der Waals surface area contributed by atoms with Crippen molar-refractivity contribution in [3.8, 4) is 11.4 Å². The van der Waals surface area contributed by atoms with E-state index >= 15 is 0 Å². The zero-order valence-electron chi connectivity index (χ0n) is 20.9. The van der Waals surface area contributed by atoms with E-state index in [0.29, 0.717) is 34.3 Å². The van der Waals surface area contributed by atoms with Crippen molar-refractivity contribution in [2.24, 2.45) is 0 Å². The Morgan fingerprint density at radius 3 is 2.51 bits per heavy atom. The van der Waals surface area contributed by atoms with Crippen LogP contribution >= 0.6 is 11.6 Å². The van der Waals surface area contributed by atoms with Crippen molar-refractivity contribution >= 4 is 28.9 Å². The first kappa shape index (κ1) is 23.9. The van der Waals surface area contributed by atoms with Crippen LogP contribution in [0.15, 0.2) is 42.6 Å². The molecule has 1 aliphatic heterocycles. The number of nitrogens with zero attached hydrogens (tertiary/aromatic N) is 3. The van der Waals surface area contributed by atoms with Gasteiger partial charge in [0.1, 0.15) is 5.82 Å². The number of carbonyl (C=O) groups excluding carboxylic acids is 1. The summed E-state index contributed by atoms with van der Waals surface area (Å²) in [5.74, 6) is 1.18. The Kier molecular flexibility index (Phi) is 6.60. The summed E-state index contributed by atoms with van der Waals surface area (Å²) in [6, 6.07) is 12.6. The van der Waals surface area contributed by atoms with Gasteiger partial charge in [0.15, 0.2) is 0 Å². The number of halogens is 1. The lowest BCUT2D eigenvalue weighted by Gasteiger charge is -2.43. The van der Waals surface area contributed by atoms with Crippen LogP contribution in [0.5, 0.6) is 0 Å². The number of aromatic amines is 1. The molecule has 0 radical (unpaired) electrons. The predicted molar refractivity (Wildman–Crippen MR) is 144 cm³/mol. The molecule has 6 nitrogen and oxygen atoms in total. The fourth-order valence-corrected chi connectivity index (χ4v) is 5.30. The minimum atomic E-state index is -0.128. The molecule has 0 bridgehead atoms. The van der Waals surface area contributed by atoms with Crippen molar-refractivity contribution in [2.75, 3.05) is 30.4 Å². The molecule has 1 amide bonds. The fourth-order valence-electron chi connectivity index (χ4n) is 5.10. The third-order valence-electron chi connectivity index (χ3n) is 7.80. The molecule has 35 heavy (non-hydrogen) atoms. The molecule has 3 aromatic rings. The average molecular weight is 492 g/mol. The maximum Gasteiger partial charge on any atom is 0.255 e. The van der Waals surface area contributed by atoms with E-state index in [-0.39, 0.29) is 5.91 Å². The van der Waals surface area contributed by atoms with E-state index in [9.17, 15) is 4.79 Å². The third-order valence-corrected chi connectivity index (χ3v) is 8.13. The first-order valence-corrected chi connectivity index (χ1v) is 12.9. The van der Waals surface area contributed by atoms with Gasteiger partial charge in [-0.15, -0.1) is 0 Å². The number of imidazole rings is 1. The smallest absolute Gasteiger partial charge is 0.255 e. The SMILES string of the molecule is Cc1cc(N2C[C@@H](C)N(C)[C@@H](C)C2)ccc1C(=O)Nc1ccc(Cl)c(-c2ncc(C3CCC3)[nH]2)c1. The highest BCUT2D eigenvalue weighted by Crippen LogP contribution is 2.37. The molecule has 2 heterocycles. The Morgan fingerprint density at radius 1 is 1.11 bits per heavy atom. The van der Waals surface area contributed by atoms with E-state index in [1.54, 1.807) is 0 Å². The Morgan fingerprint density at radius 2 is 1.86 bits per heavy atom. The number of H-pyrrole nitrogens is 1. The lowest BCUT2D eigenvalue weighted by molar-refractivity contribution is 0.102. The summed E-state index contributed by atoms with van der Waals surface area (Å²) in [4.78, 5) is 26.0. The highest BCUT2D eigenvalue weighted by Gasteiger charge is 2.27. The molecule has 1 aromatic heterocycles. The van der Waals surface area contributed by atoms with Crippen LogP contribution in [0.25, 0.3) is 11.4 Å². The topological polar surface area (TPSA) is 64.3 Å². The van der Waals surface area contributed by atoms with Gasteiger partial charge in [-0.25, -0.2) is 4.98 Å². The number of hydrogen-bond donors (Lipinski definition) is 2. The number of piperazine rings is 1. The van der Waals surface area contributed by atoms with Gasteiger partial charge in [-0.2, -0.15) is 0 Å². The number of nitrogens with one attached hydrogen (secondary N) is 2. The van der Waals surface area contributed by atoms with Crippen LogP contribution in [0.2, 0.25) is 5.02 Å². The van der Waals surface area contributed by atoms with Crippen molar-refractivity contribution in [2.45, 2.75) is 58.0 Å². The monoisotopic (exact) mass is 491 g/mol. The van der Waals surface area contributed by atoms with Gasteiger partial charge in [-0.3, -0.25) is 9.69 Å². The van der Waals surface area contributed by atoms with E-state index in [0.717, 1.165) is 35.7 Å². The van der Waals surface area contributed by atoms with Gasteiger partial charge < -0.3 is 15.2 Å². The zero-order valence-corrected chi connectivity index (χ0v) is 21.7. The van der Waals surface area contributed by atoms with Gasteiger partial charge in [0.05, 0.1) is 5.02 Å². The number of anilines is 2. The number of carbonyl (C=O) groups is 1. The lowest BCUT2D eigenvalue weighted by atomic mass is 9.83. The molecule has 0 unspecified atom stereocenters. The summed E-state index contributed by atoms with van der Waals surface area (Å²) in [7, 11) is 2.19. The van der Waals surface area contributed by atoms with Crippen molar-refractivity contribution in [1.82, 2.24) is 14.9 Å². The molecule has 1 saturated carbocycles. The van der Waals surface area contributed by atoms with Gasteiger partial charge in [-0.1, -0.05) is 18.0 Å². The minimum Gasteiger partial charge on any atom is -0.368 e. The molecule has 2 atom stereocenters. The van der Waals surface area contributed by atoms with E-state index in [4.69, 9.17) is 11.6 Å². The van der Waals surface area contributed by atoms with Crippen molar-refractivity contribution < 1.29 is 4.79 Å². The second-order valence-corrected chi connectivity index (χ2v) is 10.6. The van der Waals surface area contributed by atoms with Crippen molar-refractivity contribution in [3.05, 3.63) is 64.4 Å². The van der Waals surface area contributed by atoms with Crippen LogP contribution in [0.1, 0.15) is 60.6 Å². The van der Waals surface area contributed by atoms with Crippen LogP contribution < -0.4 is 10.2 Å². The summed E-state index contributed by atoms with van der Waals surface area (Å²) < 4.78 is 0. The Hall–Kier alpha value is -2.83. The zero-order chi connectivity index (χ0) is 24.7. The number of benzene rings is 2. The predicted octanol–water partition coefficient (Wildman–Crippen LogP) is 6.09. The first-order valence-electron chi connectivity index (χ1n) is 12.5. The highest BCUT2D eigenvalue weighted by atomic mass is 35.5. The molecule has 1 aliphatic carbocycles. The number of aryl methyl sites for hydroxylation is 1. The van der Waals surface area contributed by atoms with Gasteiger partial charge in [0.2, 0.25) is 0 Å². The van der Waals surface area contributed by atoms with Gasteiger partial charge in [0, 0.05) is 65.5 Å². The summed E-state index contributed by atoms with van der Waals surface area (Å²) in [6.07, 6.45) is 5.59. The molecule has 1 saturated heterocycles. The van der Waals surface area contributed by atoms with Crippen LogP contribution in [0, 0.1) is 6.92 Å². The number of likely N-dealkylation sites (N-methyl/N-ethyl adjacent to an activating group) is 1. The molecule has 2 aromatic carbocycles. The minimum absolute atomic E-state index is 0.128. The normalized spacial score (nSPS) is 21.1. The Bertz CT molecular complexity index is 1220. The largest absolute Gasteiger partial charge is 0.368 e. The molecule has 2 N–H and O–H groups in total. The summed E-state index contributed by atoms with van der Waals surface area (Å²) >= 11 is 6.49. The average Bonchev–Trinajstić information content (AvgIpc) is 3.26. The Balaban J connectivity index is 1.31. The second-order valence-electron chi connectivity index (χ2n) is 10.2. The van der Waals surface area contributed by atoms with Gasteiger partial charge >= 0.3 is 0 Å². The molecule has 0 spiro atoms. The highest BCUT2D eigenvalue weighted by molar-refractivity contribution is 6.33. The van der Waals surface area contributed by atoms with E-state index in [1.165, 1.54) is 24.9 Å². The number of hydrogen-bond acceptors (Lipinski definition) is 4. The van der Waals surface area contributed by atoms with E-state index in [1.807, 2.05) is 37.4 Å². The fraction of sp³-hybridized carbons (Fsp3) is 0.429. The number of aromatic nitrogens is 2. The second kappa shape index (κ2) is 9.67. The van der Waals surface area contributed by atoms with Crippen molar-refractivity contribution in [1.29, 1.82) is 0 Å². The molecule has 184 valence electrons. The summed E-state index contributed by atoms with van der Waals surface area (Å²) in [5, 5.41) is 3.65. The molecular weight excluding hydrogens is 458 g/mol. The standard InChI is InChI=1S/C28H34ClN5O/c1-17-12-22(34-15-18(2)33(4)19(3)16-34)9-10-23(17)28(35)31-21-8-11-25(29)24(13-21)27-30-14-26(32-27)20-6-5-7-20/h8-14,18-20H,5-7,15-16H2,1-4H3,(H,30,32)(H,31,35)/t18-,19+. The lowest BCUT2D eigenvalue weighted by Crippen LogP contribution is -2.55. The number of rotatable bonds is 5. The van der Waals surface area contributed by atoms with Gasteiger partial charge in [0.25, 0.3) is 5.91 Å². The first-order chi connectivity index (χ1) is 16.8. The van der Waals surface area contributed by atoms with Crippen LogP contribution in [-0.4, -0.2) is 53.0 Å². The van der Waals surface area contributed by atoms with Crippen LogP contribution in [0.3, 0.4) is 0 Å². The number of amides is 1. The Labute approximate surface area is 212 Å². The molecule has 2 aliphatic rings. The molecule has 7 heteroatoms. The summed E-state index contributed by atoms with van der Waals surface area (Å²) in [6.45, 7) is 8.48. The molecular formula is C28H34ClN5O. The van der Waals surface area contributed by atoms with Crippen molar-refractivity contribution in [3.63, 3.8) is 0 Å².